The van der Waals surface area contributed by atoms with E-state index in [-0.39, 0.29) is 18.1 Å². The number of aromatic nitrogens is 5. The van der Waals surface area contributed by atoms with Crippen molar-refractivity contribution in [1.82, 2.24) is 25.2 Å². The van der Waals surface area contributed by atoms with E-state index in [0.717, 1.165) is 5.56 Å². The zero-order valence-electron chi connectivity index (χ0n) is 11.9. The summed E-state index contributed by atoms with van der Waals surface area (Å²) in [6, 6.07) is 8.02. The minimum atomic E-state index is -0.781. The van der Waals surface area contributed by atoms with E-state index >= 15 is 0 Å². The summed E-state index contributed by atoms with van der Waals surface area (Å²) in [5.41, 5.74) is 1.49. The molecule has 7 nitrogen and oxygen atoms in total. The molecule has 0 radical (unpaired) electrons. The molecule has 2 heterocycles. The first-order valence-corrected chi connectivity index (χ1v) is 6.82. The Hall–Kier alpha value is -3.16. The molecule has 0 amide bonds. The van der Waals surface area contributed by atoms with Gasteiger partial charge in [-0.15, -0.1) is 10.2 Å². The third-order valence-electron chi connectivity index (χ3n) is 3.23. The second kappa shape index (κ2) is 6.30. The minimum absolute atomic E-state index is 0.0521. The standard InChI is InChI=1S/C15H12FN5O2/c16-12-3-1-2-10(6-12)8-21-5-4-11(9-21)7-13(22)14(23)15-17-19-20-18-15/h1-6,9H,7-8H2,(H,17,18,19,20). The highest BCUT2D eigenvalue weighted by Crippen LogP contribution is 2.09. The fraction of sp³-hybridized carbons (Fsp3) is 0.133. The van der Waals surface area contributed by atoms with E-state index in [1.165, 1.54) is 12.1 Å². The number of tetrazole rings is 1. The molecular formula is C15H12FN5O2. The largest absolute Gasteiger partial charge is 0.350 e. The molecule has 1 aromatic carbocycles. The number of H-pyrrole nitrogens is 1. The van der Waals surface area contributed by atoms with Crippen LogP contribution >= 0.6 is 0 Å². The van der Waals surface area contributed by atoms with E-state index in [2.05, 4.69) is 20.6 Å². The molecule has 3 aromatic rings. The average molecular weight is 313 g/mol. The highest BCUT2D eigenvalue weighted by atomic mass is 19.1. The van der Waals surface area contributed by atoms with Gasteiger partial charge in [0, 0.05) is 25.4 Å². The molecule has 0 aliphatic carbocycles. The van der Waals surface area contributed by atoms with Gasteiger partial charge in [0.25, 0.3) is 5.78 Å². The Morgan fingerprint density at radius 1 is 1.22 bits per heavy atom. The van der Waals surface area contributed by atoms with Crippen LogP contribution in [0.5, 0.6) is 0 Å². The van der Waals surface area contributed by atoms with Gasteiger partial charge in [0.05, 0.1) is 0 Å². The predicted molar refractivity (Wildman–Crippen MR) is 77.2 cm³/mol. The van der Waals surface area contributed by atoms with Crippen molar-refractivity contribution in [3.63, 3.8) is 0 Å². The second-order valence-electron chi connectivity index (χ2n) is 4.99. The molecule has 0 saturated carbocycles. The number of hydrogen-bond acceptors (Lipinski definition) is 5. The summed E-state index contributed by atoms with van der Waals surface area (Å²) in [4.78, 5) is 23.7. The third-order valence-corrected chi connectivity index (χ3v) is 3.23. The third kappa shape index (κ3) is 3.54. The van der Waals surface area contributed by atoms with Gasteiger partial charge in [0.15, 0.2) is 0 Å². The Kier molecular flexibility index (Phi) is 4.05. The summed E-state index contributed by atoms with van der Waals surface area (Å²) in [5, 5.41) is 12.4. The van der Waals surface area contributed by atoms with Crippen LogP contribution in [0.3, 0.4) is 0 Å². The lowest BCUT2D eigenvalue weighted by Gasteiger charge is -2.03. The van der Waals surface area contributed by atoms with Crippen molar-refractivity contribution in [2.24, 2.45) is 0 Å². The zero-order chi connectivity index (χ0) is 16.2. The summed E-state index contributed by atoms with van der Waals surface area (Å²) in [7, 11) is 0. The van der Waals surface area contributed by atoms with Crippen molar-refractivity contribution in [2.45, 2.75) is 13.0 Å². The Balaban J connectivity index is 1.65. The molecule has 0 bridgehead atoms. The first-order chi connectivity index (χ1) is 11.1. The average Bonchev–Trinajstić information content (AvgIpc) is 3.18. The maximum absolute atomic E-state index is 13.2. The molecule has 116 valence electrons. The quantitative estimate of drug-likeness (QED) is 0.545. The van der Waals surface area contributed by atoms with Gasteiger partial charge in [-0.25, -0.2) is 4.39 Å². The maximum Gasteiger partial charge on any atom is 0.269 e. The van der Waals surface area contributed by atoms with E-state index in [9.17, 15) is 14.0 Å². The fourth-order valence-electron chi connectivity index (χ4n) is 2.19. The molecule has 0 aliphatic heterocycles. The van der Waals surface area contributed by atoms with Crippen LogP contribution in [-0.2, 0) is 17.8 Å². The molecule has 23 heavy (non-hydrogen) atoms. The monoisotopic (exact) mass is 313 g/mol. The molecule has 0 fully saturated rings. The summed E-state index contributed by atoms with van der Waals surface area (Å²) >= 11 is 0. The van der Waals surface area contributed by atoms with Crippen LogP contribution in [0.25, 0.3) is 0 Å². The van der Waals surface area contributed by atoms with E-state index in [0.29, 0.717) is 12.1 Å². The zero-order valence-corrected chi connectivity index (χ0v) is 11.9. The lowest BCUT2D eigenvalue weighted by Crippen LogP contribution is -2.18. The van der Waals surface area contributed by atoms with Gasteiger partial charge in [-0.1, -0.05) is 12.1 Å². The van der Waals surface area contributed by atoms with Gasteiger partial charge in [0.1, 0.15) is 5.82 Å². The predicted octanol–water partition coefficient (Wildman–Crippen LogP) is 1.18. The lowest BCUT2D eigenvalue weighted by molar-refractivity contribution is -0.114. The smallest absolute Gasteiger partial charge is 0.269 e. The molecule has 0 atom stereocenters. The van der Waals surface area contributed by atoms with Gasteiger partial charge in [-0.05, 0) is 34.5 Å². The number of Topliss-reactive ketones (excluding diaryl/α,β-unsaturated/α-hetero) is 2. The van der Waals surface area contributed by atoms with Crippen molar-refractivity contribution in [1.29, 1.82) is 0 Å². The summed E-state index contributed by atoms with van der Waals surface area (Å²) < 4.78 is 15.0. The van der Waals surface area contributed by atoms with Gasteiger partial charge in [-0.3, -0.25) is 9.59 Å². The van der Waals surface area contributed by atoms with Crippen LogP contribution in [0.4, 0.5) is 4.39 Å². The Labute approximate surface area is 130 Å². The molecule has 0 spiro atoms. The maximum atomic E-state index is 13.2. The summed E-state index contributed by atoms with van der Waals surface area (Å²) in [6.07, 6.45) is 3.46. The molecular weight excluding hydrogens is 301 g/mol. The van der Waals surface area contributed by atoms with Gasteiger partial charge in [-0.2, -0.15) is 5.21 Å². The number of halogens is 1. The number of nitrogens with zero attached hydrogens (tertiary/aromatic N) is 4. The highest BCUT2D eigenvalue weighted by Gasteiger charge is 2.20. The van der Waals surface area contributed by atoms with E-state index in [1.807, 2.05) is 10.6 Å². The minimum Gasteiger partial charge on any atom is -0.350 e. The molecule has 0 saturated heterocycles. The second-order valence-corrected chi connectivity index (χ2v) is 4.99. The molecule has 0 unspecified atom stereocenters. The van der Waals surface area contributed by atoms with Crippen LogP contribution in [0, 0.1) is 5.82 Å². The Morgan fingerprint density at radius 3 is 2.83 bits per heavy atom. The van der Waals surface area contributed by atoms with E-state index in [4.69, 9.17) is 0 Å². The molecule has 0 aliphatic rings. The van der Waals surface area contributed by atoms with E-state index in [1.54, 1.807) is 24.5 Å². The molecule has 2 aromatic heterocycles. The van der Waals surface area contributed by atoms with Crippen LogP contribution in [0.2, 0.25) is 0 Å². The first kappa shape index (κ1) is 14.8. The van der Waals surface area contributed by atoms with Crippen LogP contribution in [-0.4, -0.2) is 36.8 Å². The van der Waals surface area contributed by atoms with Crippen LogP contribution in [0.15, 0.2) is 42.7 Å². The van der Waals surface area contributed by atoms with Crippen molar-refractivity contribution in [2.75, 3.05) is 0 Å². The summed E-state index contributed by atoms with van der Waals surface area (Å²) in [6.45, 7) is 0.477. The fourth-order valence-corrected chi connectivity index (χ4v) is 2.19. The number of aromatic amines is 1. The van der Waals surface area contributed by atoms with Crippen molar-refractivity contribution in [3.05, 3.63) is 65.5 Å². The van der Waals surface area contributed by atoms with Crippen molar-refractivity contribution in [3.8, 4) is 0 Å². The number of carbonyl (C=O) groups is 2. The Morgan fingerprint density at radius 2 is 2.09 bits per heavy atom. The number of benzene rings is 1. The van der Waals surface area contributed by atoms with Crippen molar-refractivity contribution >= 4 is 11.6 Å². The lowest BCUT2D eigenvalue weighted by atomic mass is 10.1. The van der Waals surface area contributed by atoms with Crippen molar-refractivity contribution < 1.29 is 14.0 Å². The number of ketones is 2. The van der Waals surface area contributed by atoms with Gasteiger partial charge >= 0.3 is 0 Å². The van der Waals surface area contributed by atoms with E-state index < -0.39 is 11.6 Å². The number of hydrogen-bond donors (Lipinski definition) is 1. The van der Waals surface area contributed by atoms with Gasteiger partial charge < -0.3 is 4.57 Å². The number of nitrogens with one attached hydrogen (secondary N) is 1. The number of carbonyl (C=O) groups excluding carboxylic acids is 2. The Bertz CT molecular complexity index is 841. The van der Waals surface area contributed by atoms with Crippen LogP contribution in [0.1, 0.15) is 21.7 Å². The number of rotatable bonds is 6. The highest BCUT2D eigenvalue weighted by molar-refractivity contribution is 6.43. The normalized spacial score (nSPS) is 10.7. The molecule has 8 heteroatoms. The van der Waals surface area contributed by atoms with Gasteiger partial charge in [0.2, 0.25) is 11.6 Å². The first-order valence-electron chi connectivity index (χ1n) is 6.82. The van der Waals surface area contributed by atoms with Crippen LogP contribution < -0.4 is 0 Å². The SMILES string of the molecule is O=C(Cc1ccn(Cc2cccc(F)c2)c1)C(=O)c1nn[nH]n1. The molecule has 3 rings (SSSR count). The summed E-state index contributed by atoms with van der Waals surface area (Å²) in [5.74, 6) is -1.93. The molecule has 1 N–H and O–H groups in total. The topological polar surface area (TPSA) is 93.5 Å².